The lowest BCUT2D eigenvalue weighted by atomic mass is 10.1. The smallest absolute Gasteiger partial charge is 0.0400 e. The molecule has 0 heterocycles. The molecule has 0 fully saturated rings. The van der Waals surface area contributed by atoms with E-state index < -0.39 is 0 Å². The number of benzene rings is 2. The first-order chi connectivity index (χ1) is 9.10. The molecule has 0 bridgehead atoms. The number of nitrogens with one attached hydrogen (secondary N) is 1. The monoisotopic (exact) mass is 335 g/mol. The number of rotatable bonds is 4. The number of aryl methyl sites for hydroxylation is 2. The second kappa shape index (κ2) is 6.49. The summed E-state index contributed by atoms with van der Waals surface area (Å²) >= 11 is 5.37. The van der Waals surface area contributed by atoms with Gasteiger partial charge in [-0.25, -0.2) is 0 Å². The third-order valence-corrected chi connectivity index (χ3v) is 5.09. The molecule has 0 aliphatic rings. The Hall–Kier alpha value is -0.930. The fourth-order valence-corrected chi connectivity index (χ4v) is 2.63. The van der Waals surface area contributed by atoms with Gasteiger partial charge in [0, 0.05) is 21.6 Å². The van der Waals surface area contributed by atoms with Crippen LogP contribution in [0.5, 0.6) is 0 Å². The first-order valence-electron chi connectivity index (χ1n) is 6.23. The van der Waals surface area contributed by atoms with Crippen molar-refractivity contribution in [3.05, 3.63) is 57.6 Å². The minimum atomic E-state index is 0.856. The van der Waals surface area contributed by atoms with E-state index in [1.807, 2.05) is 0 Å². The first-order valence-corrected chi connectivity index (χ1v) is 8.25. The van der Waals surface area contributed by atoms with E-state index in [1.54, 1.807) is 11.8 Å². The van der Waals surface area contributed by atoms with Gasteiger partial charge in [0.25, 0.3) is 0 Å². The summed E-state index contributed by atoms with van der Waals surface area (Å²) in [5.74, 6) is 0. The van der Waals surface area contributed by atoms with E-state index in [-0.39, 0.29) is 0 Å². The Balaban J connectivity index is 2.05. The van der Waals surface area contributed by atoms with Crippen LogP contribution in [0.2, 0.25) is 0 Å². The molecule has 0 saturated carbocycles. The van der Waals surface area contributed by atoms with Gasteiger partial charge in [0.15, 0.2) is 0 Å². The Kier molecular flexibility index (Phi) is 4.94. The van der Waals surface area contributed by atoms with Gasteiger partial charge >= 0.3 is 0 Å². The van der Waals surface area contributed by atoms with Crippen LogP contribution in [-0.4, -0.2) is 6.26 Å². The summed E-state index contributed by atoms with van der Waals surface area (Å²) in [6.45, 7) is 5.10. The van der Waals surface area contributed by atoms with Crippen LogP contribution in [0, 0.1) is 13.8 Å². The minimum Gasteiger partial charge on any atom is -0.381 e. The van der Waals surface area contributed by atoms with Crippen molar-refractivity contribution in [2.75, 3.05) is 11.6 Å². The van der Waals surface area contributed by atoms with Gasteiger partial charge in [0.1, 0.15) is 0 Å². The van der Waals surface area contributed by atoms with Crippen LogP contribution in [0.1, 0.15) is 16.7 Å². The molecule has 0 atom stereocenters. The van der Waals surface area contributed by atoms with E-state index in [1.165, 1.54) is 31.7 Å². The molecular weight excluding hydrogens is 318 g/mol. The maximum atomic E-state index is 3.60. The predicted molar refractivity (Wildman–Crippen MR) is 89.2 cm³/mol. The molecule has 0 unspecified atom stereocenters. The van der Waals surface area contributed by atoms with Crippen molar-refractivity contribution in [3.8, 4) is 0 Å². The van der Waals surface area contributed by atoms with Crippen LogP contribution in [0.4, 0.5) is 5.69 Å². The van der Waals surface area contributed by atoms with Crippen LogP contribution in [0.25, 0.3) is 0 Å². The third kappa shape index (κ3) is 3.77. The predicted octanol–water partition coefficient (Wildman–Crippen LogP) is 5.40. The van der Waals surface area contributed by atoms with Crippen LogP contribution in [0.15, 0.2) is 45.8 Å². The molecule has 1 nitrogen and oxygen atoms in total. The van der Waals surface area contributed by atoms with Gasteiger partial charge in [-0.1, -0.05) is 28.1 Å². The van der Waals surface area contributed by atoms with E-state index in [4.69, 9.17) is 0 Å². The summed E-state index contributed by atoms with van der Waals surface area (Å²) in [5.41, 5.74) is 5.00. The Morgan fingerprint density at radius 1 is 1.05 bits per heavy atom. The standard InChI is InChI=1S/C16H18BrNS/c1-11-8-14(9-12(2)16(11)17)18-10-13-4-6-15(19-3)7-5-13/h4-9,18H,10H2,1-3H3. The van der Waals surface area contributed by atoms with Crippen molar-refractivity contribution in [2.24, 2.45) is 0 Å². The summed E-state index contributed by atoms with van der Waals surface area (Å²) in [7, 11) is 0. The van der Waals surface area contributed by atoms with Gasteiger partial charge in [0.05, 0.1) is 0 Å². The van der Waals surface area contributed by atoms with Gasteiger partial charge in [-0.2, -0.15) is 0 Å². The zero-order valence-electron chi connectivity index (χ0n) is 11.5. The van der Waals surface area contributed by atoms with Crippen molar-refractivity contribution >= 4 is 33.4 Å². The molecule has 100 valence electrons. The second-order valence-corrected chi connectivity index (χ2v) is 6.30. The number of hydrogen-bond donors (Lipinski definition) is 1. The minimum absolute atomic E-state index is 0.856. The number of anilines is 1. The average molecular weight is 336 g/mol. The topological polar surface area (TPSA) is 12.0 Å². The highest BCUT2D eigenvalue weighted by molar-refractivity contribution is 9.10. The summed E-state index contributed by atoms with van der Waals surface area (Å²) < 4.78 is 1.20. The molecule has 0 aliphatic heterocycles. The van der Waals surface area contributed by atoms with Crippen LogP contribution in [-0.2, 0) is 6.54 Å². The normalized spacial score (nSPS) is 10.5. The van der Waals surface area contributed by atoms with E-state index in [2.05, 4.69) is 77.7 Å². The lowest BCUT2D eigenvalue weighted by Gasteiger charge is -2.11. The fourth-order valence-electron chi connectivity index (χ4n) is 2.00. The molecule has 0 amide bonds. The van der Waals surface area contributed by atoms with Crippen molar-refractivity contribution in [1.29, 1.82) is 0 Å². The maximum absolute atomic E-state index is 3.60. The molecule has 2 aromatic rings. The summed E-state index contributed by atoms with van der Waals surface area (Å²) in [4.78, 5) is 1.30. The van der Waals surface area contributed by atoms with Crippen molar-refractivity contribution < 1.29 is 0 Å². The molecule has 2 rings (SSSR count). The molecule has 0 spiro atoms. The Morgan fingerprint density at radius 2 is 1.63 bits per heavy atom. The van der Waals surface area contributed by atoms with Gasteiger partial charge in [-0.05, 0) is 61.1 Å². The van der Waals surface area contributed by atoms with Gasteiger partial charge in [-0.3, -0.25) is 0 Å². The largest absolute Gasteiger partial charge is 0.381 e. The van der Waals surface area contributed by atoms with Crippen molar-refractivity contribution in [2.45, 2.75) is 25.3 Å². The van der Waals surface area contributed by atoms with Gasteiger partial charge in [-0.15, -0.1) is 11.8 Å². The summed E-state index contributed by atoms with van der Waals surface area (Å²) in [6, 6.07) is 13.0. The molecule has 0 radical (unpaired) electrons. The first kappa shape index (κ1) is 14.5. The number of halogens is 1. The SMILES string of the molecule is CSc1ccc(CNc2cc(C)c(Br)c(C)c2)cc1. The average Bonchev–Trinajstić information content (AvgIpc) is 2.43. The van der Waals surface area contributed by atoms with E-state index in [9.17, 15) is 0 Å². The van der Waals surface area contributed by atoms with E-state index in [0.717, 1.165) is 6.54 Å². The summed E-state index contributed by atoms with van der Waals surface area (Å²) in [6.07, 6.45) is 2.10. The molecule has 2 aromatic carbocycles. The lowest BCUT2D eigenvalue weighted by Crippen LogP contribution is -2.00. The molecule has 1 N–H and O–H groups in total. The maximum Gasteiger partial charge on any atom is 0.0400 e. The summed E-state index contributed by atoms with van der Waals surface area (Å²) in [5, 5.41) is 3.48. The zero-order valence-corrected chi connectivity index (χ0v) is 13.9. The van der Waals surface area contributed by atoms with Crippen LogP contribution < -0.4 is 5.32 Å². The van der Waals surface area contributed by atoms with Crippen molar-refractivity contribution in [1.82, 2.24) is 0 Å². The molecule has 3 heteroatoms. The van der Waals surface area contributed by atoms with Gasteiger partial charge in [0.2, 0.25) is 0 Å². The van der Waals surface area contributed by atoms with Crippen LogP contribution >= 0.6 is 27.7 Å². The number of hydrogen-bond acceptors (Lipinski definition) is 2. The Labute approximate surface area is 127 Å². The second-order valence-electron chi connectivity index (χ2n) is 4.63. The van der Waals surface area contributed by atoms with Gasteiger partial charge < -0.3 is 5.32 Å². The fraction of sp³-hybridized carbons (Fsp3) is 0.250. The molecule has 0 aromatic heterocycles. The highest BCUT2D eigenvalue weighted by Gasteiger charge is 2.02. The zero-order chi connectivity index (χ0) is 13.8. The molecular formula is C16H18BrNS. The lowest BCUT2D eigenvalue weighted by molar-refractivity contribution is 1.13. The third-order valence-electron chi connectivity index (χ3n) is 3.09. The molecule has 0 saturated heterocycles. The Bertz CT molecular complexity index is 540. The molecule has 0 aliphatic carbocycles. The highest BCUT2D eigenvalue weighted by Crippen LogP contribution is 2.25. The Morgan fingerprint density at radius 3 is 2.16 bits per heavy atom. The molecule has 19 heavy (non-hydrogen) atoms. The highest BCUT2D eigenvalue weighted by atomic mass is 79.9. The van der Waals surface area contributed by atoms with E-state index >= 15 is 0 Å². The van der Waals surface area contributed by atoms with Crippen LogP contribution in [0.3, 0.4) is 0 Å². The quantitative estimate of drug-likeness (QED) is 0.750. The van der Waals surface area contributed by atoms with E-state index in [0.29, 0.717) is 0 Å². The number of thioether (sulfide) groups is 1. The van der Waals surface area contributed by atoms with Crippen molar-refractivity contribution in [3.63, 3.8) is 0 Å².